The van der Waals surface area contributed by atoms with Crippen LogP contribution in [0.5, 0.6) is 5.75 Å². The summed E-state index contributed by atoms with van der Waals surface area (Å²) in [6.45, 7) is 9.76. The third-order valence-corrected chi connectivity index (χ3v) is 4.02. The van der Waals surface area contributed by atoms with Gasteiger partial charge in [-0.25, -0.2) is 4.79 Å². The molecule has 1 aromatic carbocycles. The van der Waals surface area contributed by atoms with E-state index in [2.05, 4.69) is 16.3 Å². The van der Waals surface area contributed by atoms with E-state index in [1.54, 1.807) is 0 Å². The van der Waals surface area contributed by atoms with Crippen LogP contribution >= 0.6 is 0 Å². The molecule has 0 aliphatic carbocycles. The summed E-state index contributed by atoms with van der Waals surface area (Å²) in [5, 5.41) is 2.96. The van der Waals surface area contributed by atoms with Crippen LogP contribution in [-0.4, -0.2) is 63.5 Å². The smallest absolute Gasteiger partial charge is 0.317 e. The zero-order valence-electron chi connectivity index (χ0n) is 14.8. The van der Waals surface area contributed by atoms with Crippen LogP contribution < -0.4 is 15.0 Å². The van der Waals surface area contributed by atoms with Crippen LogP contribution in [0.2, 0.25) is 0 Å². The number of para-hydroxylation sites is 2. The van der Waals surface area contributed by atoms with Gasteiger partial charge in [-0.15, -0.1) is 0 Å². The maximum absolute atomic E-state index is 12.2. The van der Waals surface area contributed by atoms with Crippen LogP contribution in [0.15, 0.2) is 24.3 Å². The van der Waals surface area contributed by atoms with Gasteiger partial charge in [-0.3, -0.25) is 0 Å². The lowest BCUT2D eigenvalue weighted by Gasteiger charge is -2.36. The largest absolute Gasteiger partial charge is 0.492 e. The van der Waals surface area contributed by atoms with Crippen molar-refractivity contribution in [2.24, 2.45) is 0 Å². The molecule has 1 heterocycles. The van der Waals surface area contributed by atoms with Crippen molar-refractivity contribution in [2.75, 3.05) is 57.4 Å². The molecule has 0 aromatic heterocycles. The van der Waals surface area contributed by atoms with Crippen molar-refractivity contribution < 1.29 is 14.3 Å². The second-order valence-electron chi connectivity index (χ2n) is 5.66. The van der Waals surface area contributed by atoms with Crippen LogP contribution in [0.1, 0.15) is 20.3 Å². The van der Waals surface area contributed by atoms with E-state index in [1.807, 2.05) is 36.9 Å². The number of nitrogens with zero attached hydrogens (tertiary/aromatic N) is 2. The fourth-order valence-electron chi connectivity index (χ4n) is 2.77. The highest BCUT2D eigenvalue weighted by Gasteiger charge is 2.22. The summed E-state index contributed by atoms with van der Waals surface area (Å²) in [6.07, 6.45) is 0.848. The van der Waals surface area contributed by atoms with Gasteiger partial charge >= 0.3 is 6.03 Å². The number of benzene rings is 1. The lowest BCUT2D eigenvalue weighted by Crippen LogP contribution is -2.52. The summed E-state index contributed by atoms with van der Waals surface area (Å²) in [5.74, 6) is 0.911. The lowest BCUT2D eigenvalue weighted by atomic mass is 10.2. The zero-order valence-corrected chi connectivity index (χ0v) is 14.8. The Labute approximate surface area is 144 Å². The number of piperazine rings is 1. The molecule has 1 fully saturated rings. The average Bonchev–Trinajstić information content (AvgIpc) is 2.62. The number of hydrogen-bond donors (Lipinski definition) is 1. The van der Waals surface area contributed by atoms with Gasteiger partial charge in [-0.2, -0.15) is 0 Å². The highest BCUT2D eigenvalue weighted by atomic mass is 16.5. The fraction of sp³-hybridized carbons (Fsp3) is 0.611. The standard InChI is InChI=1S/C18H29N3O3/c1-3-23-15-7-10-19-18(22)21-13-11-20(12-14-21)16-8-5-6-9-17(16)24-4-2/h5-6,8-9H,3-4,7,10-15H2,1-2H3,(H,19,22). The van der Waals surface area contributed by atoms with E-state index in [-0.39, 0.29) is 6.03 Å². The van der Waals surface area contributed by atoms with E-state index in [4.69, 9.17) is 9.47 Å². The van der Waals surface area contributed by atoms with E-state index in [1.165, 1.54) is 0 Å². The summed E-state index contributed by atoms with van der Waals surface area (Å²) in [4.78, 5) is 16.3. The van der Waals surface area contributed by atoms with Gasteiger partial charge < -0.3 is 24.6 Å². The SMILES string of the molecule is CCOCCCNC(=O)N1CCN(c2ccccc2OCC)CC1. The number of nitrogens with one attached hydrogen (secondary N) is 1. The van der Waals surface area contributed by atoms with Crippen LogP contribution in [0.25, 0.3) is 0 Å². The van der Waals surface area contributed by atoms with E-state index in [0.717, 1.165) is 50.6 Å². The average molecular weight is 335 g/mol. The molecule has 6 heteroatoms. The molecule has 1 aromatic rings. The third-order valence-electron chi connectivity index (χ3n) is 4.02. The second kappa shape index (κ2) is 10.0. The second-order valence-corrected chi connectivity index (χ2v) is 5.66. The number of anilines is 1. The van der Waals surface area contributed by atoms with Gasteiger partial charge in [-0.05, 0) is 32.4 Å². The van der Waals surface area contributed by atoms with Crippen molar-refractivity contribution in [3.63, 3.8) is 0 Å². The van der Waals surface area contributed by atoms with Crippen LogP contribution in [0.3, 0.4) is 0 Å². The van der Waals surface area contributed by atoms with E-state index in [9.17, 15) is 4.79 Å². The van der Waals surface area contributed by atoms with Crippen molar-refractivity contribution in [1.82, 2.24) is 10.2 Å². The predicted octanol–water partition coefficient (Wildman–Crippen LogP) is 2.34. The number of hydrogen-bond acceptors (Lipinski definition) is 4. The maximum atomic E-state index is 12.2. The Kier molecular flexibility index (Phi) is 7.68. The summed E-state index contributed by atoms with van der Waals surface area (Å²) in [6, 6.07) is 8.10. The lowest BCUT2D eigenvalue weighted by molar-refractivity contribution is 0.143. The normalized spacial score (nSPS) is 14.6. The molecule has 0 radical (unpaired) electrons. The topological polar surface area (TPSA) is 54.0 Å². The highest BCUT2D eigenvalue weighted by molar-refractivity contribution is 5.74. The molecule has 0 bridgehead atoms. The van der Waals surface area contributed by atoms with Gasteiger partial charge in [0.15, 0.2) is 0 Å². The molecule has 0 saturated carbocycles. The van der Waals surface area contributed by atoms with Crippen molar-refractivity contribution in [2.45, 2.75) is 20.3 Å². The summed E-state index contributed by atoms with van der Waals surface area (Å²) < 4.78 is 11.0. The van der Waals surface area contributed by atoms with Crippen molar-refractivity contribution >= 4 is 11.7 Å². The van der Waals surface area contributed by atoms with E-state index >= 15 is 0 Å². The Balaban J connectivity index is 1.78. The van der Waals surface area contributed by atoms with Gasteiger partial charge in [0.25, 0.3) is 0 Å². The summed E-state index contributed by atoms with van der Waals surface area (Å²) in [5.41, 5.74) is 1.11. The summed E-state index contributed by atoms with van der Waals surface area (Å²) >= 11 is 0. The number of rotatable bonds is 8. The molecule has 2 amide bonds. The third kappa shape index (κ3) is 5.30. The number of urea groups is 1. The van der Waals surface area contributed by atoms with Gasteiger partial charge in [-0.1, -0.05) is 12.1 Å². The first-order valence-corrected chi connectivity index (χ1v) is 8.83. The maximum Gasteiger partial charge on any atom is 0.317 e. The summed E-state index contributed by atoms with van der Waals surface area (Å²) in [7, 11) is 0. The Morgan fingerprint density at radius 1 is 1.12 bits per heavy atom. The predicted molar refractivity (Wildman–Crippen MR) is 95.9 cm³/mol. The van der Waals surface area contributed by atoms with Gasteiger partial charge in [0, 0.05) is 45.9 Å². The molecule has 0 spiro atoms. The molecule has 0 atom stereocenters. The van der Waals surface area contributed by atoms with E-state index < -0.39 is 0 Å². The minimum Gasteiger partial charge on any atom is -0.492 e. The molecule has 2 rings (SSSR count). The number of ether oxygens (including phenoxy) is 2. The molecule has 1 aliphatic heterocycles. The molecular weight excluding hydrogens is 306 g/mol. The highest BCUT2D eigenvalue weighted by Crippen LogP contribution is 2.28. The molecule has 134 valence electrons. The van der Waals surface area contributed by atoms with Crippen LogP contribution in [0.4, 0.5) is 10.5 Å². The first-order valence-electron chi connectivity index (χ1n) is 8.83. The molecule has 0 unspecified atom stereocenters. The van der Waals surface area contributed by atoms with Gasteiger partial charge in [0.2, 0.25) is 0 Å². The van der Waals surface area contributed by atoms with E-state index in [0.29, 0.717) is 19.8 Å². The minimum absolute atomic E-state index is 0.0178. The van der Waals surface area contributed by atoms with Crippen LogP contribution in [-0.2, 0) is 4.74 Å². The first kappa shape index (κ1) is 18.4. The van der Waals surface area contributed by atoms with Crippen LogP contribution in [0, 0.1) is 0 Å². The first-order chi connectivity index (χ1) is 11.8. The molecule has 1 aliphatic rings. The molecule has 24 heavy (non-hydrogen) atoms. The molecule has 1 N–H and O–H groups in total. The number of amides is 2. The Hall–Kier alpha value is -1.95. The monoisotopic (exact) mass is 335 g/mol. The Bertz CT molecular complexity index is 502. The van der Waals surface area contributed by atoms with Crippen molar-refractivity contribution in [3.05, 3.63) is 24.3 Å². The van der Waals surface area contributed by atoms with Crippen molar-refractivity contribution in [1.29, 1.82) is 0 Å². The zero-order chi connectivity index (χ0) is 17.2. The Morgan fingerprint density at radius 2 is 1.88 bits per heavy atom. The minimum atomic E-state index is 0.0178. The number of carbonyl (C=O) groups excluding carboxylic acids is 1. The number of carbonyl (C=O) groups is 1. The van der Waals surface area contributed by atoms with Gasteiger partial charge in [0.1, 0.15) is 5.75 Å². The van der Waals surface area contributed by atoms with Crippen molar-refractivity contribution in [3.8, 4) is 5.75 Å². The molecule has 6 nitrogen and oxygen atoms in total. The quantitative estimate of drug-likeness (QED) is 0.741. The molecule has 1 saturated heterocycles. The fourth-order valence-corrected chi connectivity index (χ4v) is 2.77. The molecular formula is C18H29N3O3. The van der Waals surface area contributed by atoms with Gasteiger partial charge in [0.05, 0.1) is 12.3 Å². The Morgan fingerprint density at radius 3 is 2.58 bits per heavy atom.